The van der Waals surface area contributed by atoms with Crippen LogP contribution >= 0.6 is 0 Å². The first-order valence-corrected chi connectivity index (χ1v) is 7.14. The van der Waals surface area contributed by atoms with Gasteiger partial charge in [-0.1, -0.05) is 30.3 Å². The summed E-state index contributed by atoms with van der Waals surface area (Å²) in [5.41, 5.74) is 2.89. The Bertz CT molecular complexity index is 694. The summed E-state index contributed by atoms with van der Waals surface area (Å²) < 4.78 is 5.31. The first kappa shape index (κ1) is 14.4. The number of aromatic nitrogens is 2. The van der Waals surface area contributed by atoms with Crippen LogP contribution in [0.25, 0.3) is 0 Å². The average Bonchev–Trinajstić information content (AvgIpc) is 2.53. The molecule has 0 bridgehead atoms. The van der Waals surface area contributed by atoms with E-state index in [0.717, 1.165) is 11.3 Å². The van der Waals surface area contributed by atoms with Gasteiger partial charge in [0.05, 0.1) is 23.5 Å². The molecule has 1 aliphatic heterocycles. The highest BCUT2D eigenvalue weighted by molar-refractivity contribution is 6.29. The normalized spacial score (nSPS) is 13.5. The van der Waals surface area contributed by atoms with Gasteiger partial charge in [0.2, 0.25) is 5.88 Å². The lowest BCUT2D eigenvalue weighted by molar-refractivity contribution is 0.0912. The number of amides is 1. The summed E-state index contributed by atoms with van der Waals surface area (Å²) in [6.45, 7) is 1.03. The van der Waals surface area contributed by atoms with Gasteiger partial charge in [-0.3, -0.25) is 0 Å². The fourth-order valence-electron chi connectivity index (χ4n) is 2.48. The Morgan fingerprint density at radius 2 is 2.09 bits per heavy atom. The van der Waals surface area contributed by atoms with Crippen molar-refractivity contribution in [3.63, 3.8) is 0 Å². The highest BCUT2D eigenvalue weighted by Crippen LogP contribution is 2.23. The summed E-state index contributed by atoms with van der Waals surface area (Å²) in [6, 6.07) is 9.52. The minimum atomic E-state index is -0.394. The van der Waals surface area contributed by atoms with E-state index in [0.29, 0.717) is 24.3 Å². The number of fused-ring (bicyclic) bond motifs is 1. The molecule has 1 aromatic heterocycles. The van der Waals surface area contributed by atoms with E-state index in [1.54, 1.807) is 12.7 Å². The van der Waals surface area contributed by atoms with E-state index in [-0.39, 0.29) is 19.0 Å². The highest BCUT2D eigenvalue weighted by Gasteiger charge is 2.25. The number of aromatic hydroxyl groups is 1. The van der Waals surface area contributed by atoms with E-state index in [2.05, 4.69) is 9.97 Å². The Balaban J connectivity index is 1.65. The Morgan fingerprint density at radius 1 is 1.32 bits per heavy atom. The second kappa shape index (κ2) is 6.05. The van der Waals surface area contributed by atoms with Crippen LogP contribution in [-0.4, -0.2) is 40.5 Å². The van der Waals surface area contributed by atoms with E-state index < -0.39 is 6.09 Å². The second-order valence-corrected chi connectivity index (χ2v) is 5.23. The van der Waals surface area contributed by atoms with Crippen LogP contribution in [0.2, 0.25) is 0 Å². The fourth-order valence-corrected chi connectivity index (χ4v) is 2.48. The third-order valence-electron chi connectivity index (χ3n) is 3.61. The van der Waals surface area contributed by atoms with Gasteiger partial charge in [-0.15, -0.1) is 0 Å². The second-order valence-electron chi connectivity index (χ2n) is 5.23. The molecule has 6 nitrogen and oxygen atoms in total. The smallest absolute Gasteiger partial charge is 0.410 e. The van der Waals surface area contributed by atoms with Crippen LogP contribution in [0.4, 0.5) is 4.79 Å². The molecule has 2 aromatic rings. The zero-order chi connectivity index (χ0) is 15.5. The molecule has 0 unspecified atom stereocenters. The number of carbonyl (C=O) groups is 1. The predicted octanol–water partition coefficient (Wildman–Crippen LogP) is 0.135. The van der Waals surface area contributed by atoms with Gasteiger partial charge in [-0.05, 0) is 5.56 Å². The molecule has 1 amide bonds. The molecule has 1 N–H and O–H groups in total. The largest absolute Gasteiger partial charge is 0.493 e. The first-order valence-electron chi connectivity index (χ1n) is 7.14. The van der Waals surface area contributed by atoms with Gasteiger partial charge in [0.1, 0.15) is 6.61 Å². The van der Waals surface area contributed by atoms with E-state index in [4.69, 9.17) is 4.74 Å². The maximum atomic E-state index is 12.1. The number of rotatable bonds is 2. The Morgan fingerprint density at radius 3 is 2.86 bits per heavy atom. The Kier molecular flexibility index (Phi) is 3.95. The predicted molar refractivity (Wildman–Crippen MR) is 82.6 cm³/mol. The molecule has 0 fully saturated rings. The molecule has 1 aliphatic rings. The molecular weight excluding hydrogens is 281 g/mol. The summed E-state index contributed by atoms with van der Waals surface area (Å²) in [5, 5.41) is 9.91. The number of hydrogen-bond donors (Lipinski definition) is 1. The molecule has 0 spiro atoms. The van der Waals surface area contributed by atoms with E-state index >= 15 is 0 Å². The van der Waals surface area contributed by atoms with Crippen molar-refractivity contribution >= 4 is 19.7 Å². The van der Waals surface area contributed by atoms with Gasteiger partial charge in [0, 0.05) is 13.0 Å². The Labute approximate surface area is 129 Å². The van der Waals surface area contributed by atoms with E-state index in [9.17, 15) is 9.90 Å². The zero-order valence-corrected chi connectivity index (χ0v) is 12.3. The molecule has 0 saturated carbocycles. The number of nitrogens with zero attached hydrogens (tertiary/aromatic N) is 3. The summed E-state index contributed by atoms with van der Waals surface area (Å²) in [4.78, 5) is 22.0. The van der Waals surface area contributed by atoms with Crippen molar-refractivity contribution in [2.45, 2.75) is 19.6 Å². The molecule has 1 aromatic carbocycles. The number of carbonyl (C=O) groups excluding carboxylic acids is 1. The minimum absolute atomic E-state index is 0.0527. The maximum absolute atomic E-state index is 12.1. The van der Waals surface area contributed by atoms with Crippen LogP contribution in [-0.2, 0) is 24.3 Å². The maximum Gasteiger partial charge on any atom is 0.410 e. The molecule has 0 radical (unpaired) electrons. The van der Waals surface area contributed by atoms with Crippen molar-refractivity contribution in [1.29, 1.82) is 0 Å². The average molecular weight is 297 g/mol. The van der Waals surface area contributed by atoms with Gasteiger partial charge in [-0.2, -0.15) is 0 Å². The van der Waals surface area contributed by atoms with Crippen LogP contribution < -0.4 is 5.72 Å². The molecule has 7 heteroatoms. The van der Waals surface area contributed by atoms with Crippen molar-refractivity contribution in [2.24, 2.45) is 0 Å². The van der Waals surface area contributed by atoms with Crippen LogP contribution in [0.3, 0.4) is 0 Å². The van der Waals surface area contributed by atoms with E-state index in [1.165, 1.54) is 0 Å². The van der Waals surface area contributed by atoms with Gasteiger partial charge < -0.3 is 14.7 Å². The van der Waals surface area contributed by atoms with Crippen molar-refractivity contribution in [3.8, 4) is 5.88 Å². The lowest BCUT2D eigenvalue weighted by Gasteiger charge is -2.27. The monoisotopic (exact) mass is 297 g/mol. The van der Waals surface area contributed by atoms with Gasteiger partial charge in [0.15, 0.2) is 7.85 Å². The summed E-state index contributed by atoms with van der Waals surface area (Å²) in [5.74, 6) is -0.0527. The van der Waals surface area contributed by atoms with Crippen LogP contribution in [0.15, 0.2) is 30.3 Å². The molecular formula is C15H16BN3O3. The van der Waals surface area contributed by atoms with Crippen LogP contribution in [0.1, 0.15) is 16.8 Å². The zero-order valence-electron chi connectivity index (χ0n) is 12.3. The fraction of sp³-hybridized carbons (Fsp3) is 0.267. The third kappa shape index (κ3) is 3.03. The topological polar surface area (TPSA) is 75.6 Å². The number of ether oxygens (including phenoxy) is 1. The number of hydrogen-bond acceptors (Lipinski definition) is 5. The molecule has 22 heavy (non-hydrogen) atoms. The molecule has 112 valence electrons. The first-order chi connectivity index (χ1) is 10.6. The van der Waals surface area contributed by atoms with Crippen molar-refractivity contribution < 1.29 is 14.6 Å². The molecule has 3 rings (SSSR count). The van der Waals surface area contributed by atoms with Crippen molar-refractivity contribution in [3.05, 3.63) is 47.2 Å². The van der Waals surface area contributed by atoms with Crippen molar-refractivity contribution in [2.75, 3.05) is 6.54 Å². The van der Waals surface area contributed by atoms with Gasteiger partial charge >= 0.3 is 6.09 Å². The molecule has 0 aliphatic carbocycles. The molecule has 2 heterocycles. The Hall–Kier alpha value is -2.57. The van der Waals surface area contributed by atoms with E-state index in [1.807, 2.05) is 30.3 Å². The lowest BCUT2D eigenvalue weighted by Crippen LogP contribution is -2.37. The quantitative estimate of drug-likeness (QED) is 0.798. The van der Waals surface area contributed by atoms with Crippen LogP contribution in [0.5, 0.6) is 5.88 Å². The lowest BCUT2D eigenvalue weighted by atomic mass is 10.0. The summed E-state index contributed by atoms with van der Waals surface area (Å²) in [6.07, 6.45) is 0.196. The number of benzene rings is 1. The minimum Gasteiger partial charge on any atom is -0.493 e. The standard InChI is InChI=1S/C15H16BN3O3/c16-14-17-12-6-7-19(8-11(12)13(20)18-14)15(21)22-9-10-4-2-1-3-5-10/h1-5H,6-9,16H2,(H,17,18,20). The third-order valence-corrected chi connectivity index (χ3v) is 3.61. The van der Waals surface area contributed by atoms with Crippen molar-refractivity contribution in [1.82, 2.24) is 14.9 Å². The highest BCUT2D eigenvalue weighted by atomic mass is 16.6. The summed E-state index contributed by atoms with van der Waals surface area (Å²) >= 11 is 0. The molecule has 0 saturated heterocycles. The summed E-state index contributed by atoms with van der Waals surface area (Å²) in [7, 11) is 1.74. The molecule has 0 atom stereocenters. The van der Waals surface area contributed by atoms with Gasteiger partial charge in [-0.25, -0.2) is 14.8 Å². The van der Waals surface area contributed by atoms with Crippen LogP contribution in [0, 0.1) is 0 Å². The van der Waals surface area contributed by atoms with Gasteiger partial charge in [0.25, 0.3) is 0 Å². The SMILES string of the molecule is Bc1nc(O)c2c(n1)CCN(C(=O)OCc1ccccc1)C2.